The van der Waals surface area contributed by atoms with Crippen molar-refractivity contribution in [3.63, 3.8) is 0 Å². The summed E-state index contributed by atoms with van der Waals surface area (Å²) in [6.45, 7) is 6.99. The predicted molar refractivity (Wildman–Crippen MR) is 103 cm³/mol. The summed E-state index contributed by atoms with van der Waals surface area (Å²) in [5, 5.41) is 5.86. The fraction of sp³-hybridized carbons (Fsp3) is 0.368. The second kappa shape index (κ2) is 9.50. The topological polar surface area (TPSA) is 87.2 Å². The van der Waals surface area contributed by atoms with E-state index in [9.17, 15) is 9.59 Å². The lowest BCUT2D eigenvalue weighted by atomic mass is 10.2. The molecule has 0 fully saturated rings. The summed E-state index contributed by atoms with van der Waals surface area (Å²) >= 11 is 0. The fourth-order valence-electron chi connectivity index (χ4n) is 2.55. The number of hydrogen-bond acceptors (Lipinski definition) is 5. The molecule has 0 spiro atoms. The number of amides is 2. The molecule has 2 aromatic rings. The molecular weight excluding hydrogens is 330 g/mol. The Kier molecular flexibility index (Phi) is 7.08. The summed E-state index contributed by atoms with van der Waals surface area (Å²) in [7, 11) is 0. The molecule has 0 aliphatic rings. The zero-order valence-electron chi connectivity index (χ0n) is 15.5. The highest BCUT2D eigenvalue weighted by Crippen LogP contribution is 2.18. The van der Waals surface area contributed by atoms with Gasteiger partial charge in [-0.1, -0.05) is 13.8 Å². The Labute approximate surface area is 153 Å². The van der Waals surface area contributed by atoms with Gasteiger partial charge in [0.05, 0.1) is 0 Å². The number of rotatable bonds is 8. The largest absolute Gasteiger partial charge is 0.340 e. The normalized spacial score (nSPS) is 10.3. The van der Waals surface area contributed by atoms with Crippen LogP contribution < -0.4 is 10.6 Å². The molecule has 0 atom stereocenters. The van der Waals surface area contributed by atoms with E-state index in [0.717, 1.165) is 24.2 Å². The molecule has 0 aliphatic carbocycles. The highest BCUT2D eigenvalue weighted by molar-refractivity contribution is 5.93. The quantitative estimate of drug-likeness (QED) is 0.757. The van der Waals surface area contributed by atoms with Crippen LogP contribution in [0.4, 0.5) is 17.2 Å². The van der Waals surface area contributed by atoms with Crippen molar-refractivity contribution < 1.29 is 9.59 Å². The van der Waals surface area contributed by atoms with Gasteiger partial charge in [-0.2, -0.15) is 0 Å². The van der Waals surface area contributed by atoms with Crippen molar-refractivity contribution in [2.45, 2.75) is 33.6 Å². The van der Waals surface area contributed by atoms with E-state index >= 15 is 0 Å². The first kappa shape index (κ1) is 19.4. The summed E-state index contributed by atoms with van der Waals surface area (Å²) in [5.74, 6) is 0.345. The van der Waals surface area contributed by atoms with Crippen molar-refractivity contribution in [1.29, 1.82) is 0 Å². The van der Waals surface area contributed by atoms with Crippen LogP contribution in [0.5, 0.6) is 0 Å². The van der Waals surface area contributed by atoms with Crippen molar-refractivity contribution in [2.75, 3.05) is 23.7 Å². The molecule has 26 heavy (non-hydrogen) atoms. The molecule has 138 valence electrons. The number of nitrogens with one attached hydrogen (secondary N) is 2. The van der Waals surface area contributed by atoms with Crippen molar-refractivity contribution in [1.82, 2.24) is 14.9 Å². The standard InChI is InChI=1S/C19H25N5O2/c1-4-10-24(11-5-2)19(26)17-12-18(21-13-20-17)23-16-8-6-15(7-9-16)22-14(3)25/h6-9,12-13H,4-5,10-11H2,1-3H3,(H,22,25)(H,20,21,23). The second-order valence-corrected chi connectivity index (χ2v) is 5.96. The molecular formula is C19H25N5O2. The first-order valence-corrected chi connectivity index (χ1v) is 8.79. The van der Waals surface area contributed by atoms with Gasteiger partial charge >= 0.3 is 0 Å². The highest BCUT2D eigenvalue weighted by Gasteiger charge is 2.16. The molecule has 0 saturated heterocycles. The van der Waals surface area contributed by atoms with Crippen molar-refractivity contribution in [2.24, 2.45) is 0 Å². The minimum absolute atomic E-state index is 0.0832. The Morgan fingerprint density at radius 1 is 1.00 bits per heavy atom. The smallest absolute Gasteiger partial charge is 0.272 e. The monoisotopic (exact) mass is 355 g/mol. The van der Waals surface area contributed by atoms with E-state index in [1.54, 1.807) is 18.2 Å². The van der Waals surface area contributed by atoms with Crippen LogP contribution in [0.1, 0.15) is 44.1 Å². The predicted octanol–water partition coefficient (Wildman–Crippen LogP) is 3.44. The molecule has 2 amide bonds. The fourth-order valence-corrected chi connectivity index (χ4v) is 2.55. The zero-order valence-corrected chi connectivity index (χ0v) is 15.5. The first-order chi connectivity index (χ1) is 12.5. The van der Waals surface area contributed by atoms with Crippen LogP contribution in [-0.2, 0) is 4.79 Å². The molecule has 0 bridgehead atoms. The second-order valence-electron chi connectivity index (χ2n) is 5.96. The number of carbonyl (C=O) groups is 2. The average Bonchev–Trinajstić information content (AvgIpc) is 2.62. The van der Waals surface area contributed by atoms with Gasteiger partial charge in [-0.3, -0.25) is 9.59 Å². The van der Waals surface area contributed by atoms with Crippen LogP contribution in [0.15, 0.2) is 36.7 Å². The van der Waals surface area contributed by atoms with E-state index < -0.39 is 0 Å². The number of carbonyl (C=O) groups excluding carboxylic acids is 2. The van der Waals surface area contributed by atoms with E-state index in [0.29, 0.717) is 24.6 Å². The molecule has 7 nitrogen and oxygen atoms in total. The highest BCUT2D eigenvalue weighted by atomic mass is 16.2. The molecule has 0 radical (unpaired) electrons. The molecule has 0 aliphatic heterocycles. The van der Waals surface area contributed by atoms with E-state index in [-0.39, 0.29) is 11.8 Å². The Morgan fingerprint density at radius 2 is 1.62 bits per heavy atom. The summed E-state index contributed by atoms with van der Waals surface area (Å²) in [5.41, 5.74) is 1.89. The Hall–Kier alpha value is -2.96. The maximum Gasteiger partial charge on any atom is 0.272 e. The third-order valence-corrected chi connectivity index (χ3v) is 3.64. The van der Waals surface area contributed by atoms with Gasteiger partial charge in [-0.05, 0) is 37.1 Å². The lowest BCUT2D eigenvalue weighted by Gasteiger charge is -2.21. The van der Waals surface area contributed by atoms with Gasteiger partial charge in [-0.25, -0.2) is 9.97 Å². The SMILES string of the molecule is CCCN(CCC)C(=O)c1cc(Nc2ccc(NC(C)=O)cc2)ncn1. The van der Waals surface area contributed by atoms with Gasteiger partial charge in [0.1, 0.15) is 17.8 Å². The lowest BCUT2D eigenvalue weighted by Crippen LogP contribution is -2.33. The Bertz CT molecular complexity index is 740. The minimum atomic E-state index is -0.117. The maximum absolute atomic E-state index is 12.6. The molecule has 2 N–H and O–H groups in total. The van der Waals surface area contributed by atoms with Gasteiger partial charge in [0.15, 0.2) is 0 Å². The molecule has 0 unspecified atom stereocenters. The Balaban J connectivity index is 2.10. The minimum Gasteiger partial charge on any atom is -0.340 e. The lowest BCUT2D eigenvalue weighted by molar-refractivity contribution is -0.114. The van der Waals surface area contributed by atoms with Crippen molar-refractivity contribution in [3.05, 3.63) is 42.4 Å². The van der Waals surface area contributed by atoms with Gasteiger partial charge < -0.3 is 15.5 Å². The van der Waals surface area contributed by atoms with Crippen LogP contribution in [0, 0.1) is 0 Å². The van der Waals surface area contributed by atoms with E-state index in [4.69, 9.17) is 0 Å². The van der Waals surface area contributed by atoms with E-state index in [2.05, 4.69) is 20.6 Å². The van der Waals surface area contributed by atoms with Crippen LogP contribution in [0.3, 0.4) is 0 Å². The molecule has 0 saturated carbocycles. The van der Waals surface area contributed by atoms with Crippen LogP contribution in [0.25, 0.3) is 0 Å². The third kappa shape index (κ3) is 5.54. The van der Waals surface area contributed by atoms with Gasteiger partial charge in [-0.15, -0.1) is 0 Å². The third-order valence-electron chi connectivity index (χ3n) is 3.64. The van der Waals surface area contributed by atoms with Gasteiger partial charge in [0, 0.05) is 37.5 Å². The number of aromatic nitrogens is 2. The number of benzene rings is 1. The summed E-state index contributed by atoms with van der Waals surface area (Å²) in [6.07, 6.45) is 3.20. The number of hydrogen-bond donors (Lipinski definition) is 2. The summed E-state index contributed by atoms with van der Waals surface area (Å²) < 4.78 is 0. The zero-order chi connectivity index (χ0) is 18.9. The maximum atomic E-state index is 12.6. The first-order valence-electron chi connectivity index (χ1n) is 8.79. The van der Waals surface area contributed by atoms with E-state index in [1.807, 2.05) is 30.9 Å². The van der Waals surface area contributed by atoms with Crippen LogP contribution in [-0.4, -0.2) is 39.8 Å². The van der Waals surface area contributed by atoms with Crippen molar-refractivity contribution >= 4 is 29.0 Å². The van der Waals surface area contributed by atoms with E-state index in [1.165, 1.54) is 13.3 Å². The van der Waals surface area contributed by atoms with Gasteiger partial charge in [0.25, 0.3) is 5.91 Å². The summed E-state index contributed by atoms with van der Waals surface area (Å²) in [4.78, 5) is 33.8. The van der Waals surface area contributed by atoms with Gasteiger partial charge in [0.2, 0.25) is 5.91 Å². The van der Waals surface area contributed by atoms with Crippen LogP contribution in [0.2, 0.25) is 0 Å². The molecule has 1 aromatic heterocycles. The molecule has 2 rings (SSSR count). The van der Waals surface area contributed by atoms with Crippen LogP contribution >= 0.6 is 0 Å². The number of nitrogens with zero attached hydrogens (tertiary/aromatic N) is 3. The summed E-state index contributed by atoms with van der Waals surface area (Å²) in [6, 6.07) is 8.90. The molecule has 1 aromatic carbocycles. The molecule has 7 heteroatoms. The van der Waals surface area contributed by atoms with Crippen molar-refractivity contribution in [3.8, 4) is 0 Å². The average molecular weight is 355 g/mol. The Morgan fingerprint density at radius 3 is 2.19 bits per heavy atom. The molecule has 1 heterocycles. The number of anilines is 3.